The molecule has 4 nitrogen and oxygen atoms in total. The standard InChI is InChI=1S/C12H21N3O/c1-8(2)10(9(3)4)6-13-11-5-12(16)15-7-14-11/h5,7-10H,6H2,1-4H3,(H2,13,14,15,16). The fraction of sp³-hybridized carbons (Fsp3) is 0.667. The van der Waals surface area contributed by atoms with Crippen LogP contribution in [-0.2, 0) is 0 Å². The minimum atomic E-state index is -0.122. The van der Waals surface area contributed by atoms with Gasteiger partial charge in [-0.25, -0.2) is 4.98 Å². The van der Waals surface area contributed by atoms with Gasteiger partial charge in [0.05, 0.1) is 6.33 Å². The molecule has 0 aliphatic heterocycles. The summed E-state index contributed by atoms with van der Waals surface area (Å²) in [5.74, 6) is 2.47. The summed E-state index contributed by atoms with van der Waals surface area (Å²) < 4.78 is 0. The van der Waals surface area contributed by atoms with Crippen LogP contribution in [0.5, 0.6) is 0 Å². The van der Waals surface area contributed by atoms with E-state index >= 15 is 0 Å². The Kier molecular flexibility index (Phi) is 4.52. The van der Waals surface area contributed by atoms with Crippen LogP contribution in [0, 0.1) is 17.8 Å². The van der Waals surface area contributed by atoms with Crippen molar-refractivity contribution in [3.63, 3.8) is 0 Å². The van der Waals surface area contributed by atoms with E-state index in [1.165, 1.54) is 12.4 Å². The maximum atomic E-state index is 11.1. The first-order valence-electron chi connectivity index (χ1n) is 5.79. The predicted molar refractivity (Wildman–Crippen MR) is 66.5 cm³/mol. The highest BCUT2D eigenvalue weighted by molar-refractivity contribution is 5.31. The zero-order chi connectivity index (χ0) is 12.1. The Balaban J connectivity index is 2.59. The molecule has 1 rings (SSSR count). The third-order valence-electron chi connectivity index (χ3n) is 2.91. The highest BCUT2D eigenvalue weighted by Gasteiger charge is 2.17. The second kappa shape index (κ2) is 5.68. The van der Waals surface area contributed by atoms with Crippen LogP contribution >= 0.6 is 0 Å². The summed E-state index contributed by atoms with van der Waals surface area (Å²) in [6.45, 7) is 9.73. The first-order chi connectivity index (χ1) is 7.50. The van der Waals surface area contributed by atoms with E-state index in [2.05, 4.69) is 43.0 Å². The second-order valence-electron chi connectivity index (χ2n) is 4.83. The largest absolute Gasteiger partial charge is 0.370 e. The van der Waals surface area contributed by atoms with Gasteiger partial charge in [0.25, 0.3) is 5.56 Å². The number of nitrogens with one attached hydrogen (secondary N) is 2. The third kappa shape index (κ3) is 3.68. The maximum absolute atomic E-state index is 11.1. The molecular formula is C12H21N3O. The molecule has 0 amide bonds. The molecule has 0 unspecified atom stereocenters. The number of H-pyrrole nitrogens is 1. The molecule has 2 N–H and O–H groups in total. The van der Waals surface area contributed by atoms with Gasteiger partial charge in [-0.05, 0) is 17.8 Å². The van der Waals surface area contributed by atoms with E-state index in [0.29, 0.717) is 23.6 Å². The zero-order valence-electron chi connectivity index (χ0n) is 10.4. The fourth-order valence-electron chi connectivity index (χ4n) is 1.93. The highest BCUT2D eigenvalue weighted by Crippen LogP contribution is 2.20. The van der Waals surface area contributed by atoms with E-state index < -0.39 is 0 Å². The van der Waals surface area contributed by atoms with Crippen LogP contribution < -0.4 is 10.9 Å². The summed E-state index contributed by atoms with van der Waals surface area (Å²) in [4.78, 5) is 17.6. The van der Waals surface area contributed by atoms with Crippen LogP contribution in [0.1, 0.15) is 27.7 Å². The number of hydrogen-bond acceptors (Lipinski definition) is 3. The topological polar surface area (TPSA) is 57.8 Å². The molecule has 0 spiro atoms. The number of rotatable bonds is 5. The van der Waals surface area contributed by atoms with Crippen molar-refractivity contribution in [1.82, 2.24) is 9.97 Å². The van der Waals surface area contributed by atoms with E-state index in [4.69, 9.17) is 0 Å². The molecule has 0 radical (unpaired) electrons. The highest BCUT2D eigenvalue weighted by atomic mass is 16.1. The molecule has 0 aliphatic carbocycles. The van der Waals surface area contributed by atoms with E-state index in [1.54, 1.807) is 0 Å². The van der Waals surface area contributed by atoms with E-state index in [9.17, 15) is 4.79 Å². The lowest BCUT2D eigenvalue weighted by atomic mass is 9.85. The van der Waals surface area contributed by atoms with Gasteiger partial charge in [0.15, 0.2) is 0 Å². The van der Waals surface area contributed by atoms with Gasteiger partial charge in [-0.15, -0.1) is 0 Å². The molecule has 1 aromatic heterocycles. The van der Waals surface area contributed by atoms with Crippen molar-refractivity contribution in [2.45, 2.75) is 27.7 Å². The lowest BCUT2D eigenvalue weighted by Crippen LogP contribution is -2.25. The Morgan fingerprint density at radius 3 is 2.44 bits per heavy atom. The van der Waals surface area contributed by atoms with Gasteiger partial charge >= 0.3 is 0 Å². The predicted octanol–water partition coefficient (Wildman–Crippen LogP) is 2.11. The van der Waals surface area contributed by atoms with Crippen LogP contribution in [0.2, 0.25) is 0 Å². The Labute approximate surface area is 96.5 Å². The Hall–Kier alpha value is -1.32. The van der Waals surface area contributed by atoms with Gasteiger partial charge in [-0.1, -0.05) is 27.7 Å². The van der Waals surface area contributed by atoms with Crippen molar-refractivity contribution in [2.75, 3.05) is 11.9 Å². The van der Waals surface area contributed by atoms with Gasteiger partial charge in [-0.3, -0.25) is 4.79 Å². The minimum Gasteiger partial charge on any atom is -0.370 e. The monoisotopic (exact) mass is 223 g/mol. The number of nitrogens with zero attached hydrogens (tertiary/aromatic N) is 1. The van der Waals surface area contributed by atoms with Gasteiger partial charge in [0.1, 0.15) is 5.82 Å². The number of aromatic amines is 1. The summed E-state index contributed by atoms with van der Waals surface area (Å²) in [5.41, 5.74) is -0.122. The van der Waals surface area contributed by atoms with E-state index in [0.717, 1.165) is 6.54 Å². The van der Waals surface area contributed by atoms with E-state index in [-0.39, 0.29) is 5.56 Å². The normalized spacial score (nSPS) is 11.4. The molecule has 0 atom stereocenters. The van der Waals surface area contributed by atoms with Gasteiger partial charge in [0, 0.05) is 12.6 Å². The van der Waals surface area contributed by atoms with Gasteiger partial charge in [0.2, 0.25) is 0 Å². The summed E-state index contributed by atoms with van der Waals surface area (Å²) in [5, 5.41) is 3.22. The van der Waals surface area contributed by atoms with Gasteiger partial charge < -0.3 is 10.3 Å². The van der Waals surface area contributed by atoms with E-state index in [1.807, 2.05) is 0 Å². The molecule has 0 saturated heterocycles. The summed E-state index contributed by atoms with van der Waals surface area (Å²) in [7, 11) is 0. The summed E-state index contributed by atoms with van der Waals surface area (Å²) >= 11 is 0. The Bertz CT molecular complexity index is 363. The van der Waals surface area contributed by atoms with Crippen LogP contribution in [0.3, 0.4) is 0 Å². The molecule has 0 fully saturated rings. The number of hydrogen-bond donors (Lipinski definition) is 2. The SMILES string of the molecule is CC(C)C(CNc1cc(=O)[nH]cn1)C(C)C. The first kappa shape index (κ1) is 12.7. The molecule has 16 heavy (non-hydrogen) atoms. The second-order valence-corrected chi connectivity index (χ2v) is 4.83. The molecule has 0 saturated carbocycles. The smallest absolute Gasteiger partial charge is 0.252 e. The van der Waals surface area contributed by atoms with Crippen molar-refractivity contribution in [2.24, 2.45) is 17.8 Å². The minimum absolute atomic E-state index is 0.122. The average molecular weight is 223 g/mol. The van der Waals surface area contributed by atoms with Crippen molar-refractivity contribution in [3.8, 4) is 0 Å². The zero-order valence-corrected chi connectivity index (χ0v) is 10.4. The molecule has 1 heterocycles. The van der Waals surface area contributed by atoms with Crippen LogP contribution in [0.25, 0.3) is 0 Å². The molecule has 1 aromatic rings. The van der Waals surface area contributed by atoms with Crippen LogP contribution in [0.4, 0.5) is 5.82 Å². The molecular weight excluding hydrogens is 202 g/mol. The van der Waals surface area contributed by atoms with Crippen molar-refractivity contribution < 1.29 is 0 Å². The molecule has 4 heteroatoms. The van der Waals surface area contributed by atoms with Crippen LogP contribution in [0.15, 0.2) is 17.2 Å². The molecule has 0 aromatic carbocycles. The summed E-state index contributed by atoms with van der Waals surface area (Å²) in [6, 6.07) is 1.48. The number of aromatic nitrogens is 2. The average Bonchev–Trinajstić information content (AvgIpc) is 2.16. The maximum Gasteiger partial charge on any atom is 0.252 e. The molecule has 90 valence electrons. The van der Waals surface area contributed by atoms with Crippen LogP contribution in [-0.4, -0.2) is 16.5 Å². The quantitative estimate of drug-likeness (QED) is 0.803. The van der Waals surface area contributed by atoms with Crippen molar-refractivity contribution in [3.05, 3.63) is 22.7 Å². The lowest BCUT2D eigenvalue weighted by molar-refractivity contribution is 0.304. The molecule has 0 aliphatic rings. The van der Waals surface area contributed by atoms with Crippen molar-refractivity contribution >= 4 is 5.82 Å². The fourth-order valence-corrected chi connectivity index (χ4v) is 1.93. The molecule has 0 bridgehead atoms. The van der Waals surface area contributed by atoms with Gasteiger partial charge in [-0.2, -0.15) is 0 Å². The lowest BCUT2D eigenvalue weighted by Gasteiger charge is -2.25. The first-order valence-corrected chi connectivity index (χ1v) is 5.79. The third-order valence-corrected chi connectivity index (χ3v) is 2.91. The Morgan fingerprint density at radius 2 is 1.94 bits per heavy atom. The van der Waals surface area contributed by atoms with Crippen molar-refractivity contribution in [1.29, 1.82) is 0 Å². The number of anilines is 1. The summed E-state index contributed by atoms with van der Waals surface area (Å²) in [6.07, 6.45) is 1.42. The Morgan fingerprint density at radius 1 is 1.31 bits per heavy atom.